The first-order chi connectivity index (χ1) is 9.78. The van der Waals surface area contributed by atoms with Crippen LogP contribution in [0.15, 0.2) is 30.3 Å². The number of hydrogen-bond acceptors (Lipinski definition) is 6. The van der Waals surface area contributed by atoms with Crippen molar-refractivity contribution in [1.82, 2.24) is 10.2 Å². The van der Waals surface area contributed by atoms with Crippen LogP contribution in [-0.2, 0) is 21.0 Å². The Labute approximate surface area is 125 Å². The first kappa shape index (κ1) is 15.0. The molecule has 0 unspecified atom stereocenters. The van der Waals surface area contributed by atoms with Crippen LogP contribution in [0.25, 0.3) is 0 Å². The molecule has 0 saturated heterocycles. The van der Waals surface area contributed by atoms with Crippen molar-refractivity contribution in [2.75, 3.05) is 19.0 Å². The molecule has 1 aromatic heterocycles. The molecule has 1 N–H and O–H groups in total. The fraction of sp³-hybridized carbons (Fsp3) is 0.308. The summed E-state index contributed by atoms with van der Waals surface area (Å²) in [5.41, 5.74) is 1.29. The summed E-state index contributed by atoms with van der Waals surface area (Å²) in [6.45, 7) is 0.0255. The maximum absolute atomic E-state index is 11.3. The summed E-state index contributed by atoms with van der Waals surface area (Å²) >= 11 is 3.16. The molecule has 7 heteroatoms. The van der Waals surface area contributed by atoms with Gasteiger partial charge in [0.15, 0.2) is 0 Å². The Morgan fingerprint density at radius 2 is 2.10 bits per heavy atom. The van der Waals surface area contributed by atoms with E-state index in [4.69, 9.17) is 4.74 Å². The molecule has 0 spiro atoms. The summed E-state index contributed by atoms with van der Waals surface area (Å²) in [6, 6.07) is 10.3. The number of carbonyl (C=O) groups is 1. The predicted octanol–water partition coefficient (Wildman–Crippen LogP) is 2.56. The Morgan fingerprint density at radius 1 is 1.30 bits per heavy atom. The number of benzene rings is 1. The van der Waals surface area contributed by atoms with E-state index in [1.54, 1.807) is 11.8 Å². The normalized spacial score (nSPS) is 10.4. The monoisotopic (exact) mass is 309 g/mol. The third-order valence-corrected chi connectivity index (χ3v) is 4.36. The highest BCUT2D eigenvalue weighted by Gasteiger charge is 2.07. The standard InChI is InChI=1S/C13H15N3O2S2/c1-18-7-11(17)14-13-16-15-12(20-13)9-19-8-10-5-3-2-4-6-10/h2-6H,7-9H2,1H3,(H,14,16,17). The van der Waals surface area contributed by atoms with Gasteiger partial charge in [0, 0.05) is 18.6 Å². The fourth-order valence-corrected chi connectivity index (χ4v) is 3.28. The van der Waals surface area contributed by atoms with E-state index in [-0.39, 0.29) is 12.5 Å². The Morgan fingerprint density at radius 3 is 2.85 bits per heavy atom. The van der Waals surface area contributed by atoms with Crippen molar-refractivity contribution in [3.8, 4) is 0 Å². The molecule has 0 aliphatic rings. The van der Waals surface area contributed by atoms with Gasteiger partial charge in [-0.25, -0.2) is 0 Å². The first-order valence-corrected chi connectivity index (χ1v) is 7.98. The van der Waals surface area contributed by atoms with Gasteiger partial charge < -0.3 is 4.74 Å². The molecule has 0 aliphatic carbocycles. The van der Waals surface area contributed by atoms with Gasteiger partial charge in [-0.1, -0.05) is 41.7 Å². The number of aromatic nitrogens is 2. The molecule has 0 bridgehead atoms. The van der Waals surface area contributed by atoms with Crippen molar-refractivity contribution in [1.29, 1.82) is 0 Å². The zero-order valence-corrected chi connectivity index (χ0v) is 12.7. The zero-order chi connectivity index (χ0) is 14.2. The van der Waals surface area contributed by atoms with E-state index in [2.05, 4.69) is 27.6 Å². The topological polar surface area (TPSA) is 64.1 Å². The minimum Gasteiger partial charge on any atom is -0.375 e. The number of methoxy groups -OCH3 is 1. The molecular weight excluding hydrogens is 294 g/mol. The van der Waals surface area contributed by atoms with E-state index in [1.807, 2.05) is 18.2 Å². The maximum Gasteiger partial charge on any atom is 0.252 e. The minimum absolute atomic E-state index is 0.0255. The molecule has 1 amide bonds. The lowest BCUT2D eigenvalue weighted by Gasteiger charge is -1.99. The molecule has 0 aliphatic heterocycles. The molecule has 0 fully saturated rings. The SMILES string of the molecule is COCC(=O)Nc1nnc(CSCc2ccccc2)s1. The highest BCUT2D eigenvalue weighted by atomic mass is 32.2. The molecule has 5 nitrogen and oxygen atoms in total. The summed E-state index contributed by atoms with van der Waals surface area (Å²) < 4.78 is 4.74. The number of nitrogens with one attached hydrogen (secondary N) is 1. The van der Waals surface area contributed by atoms with Crippen LogP contribution >= 0.6 is 23.1 Å². The molecule has 1 heterocycles. The summed E-state index contributed by atoms with van der Waals surface area (Å²) in [5.74, 6) is 1.51. The third kappa shape index (κ3) is 4.92. The van der Waals surface area contributed by atoms with E-state index < -0.39 is 0 Å². The maximum atomic E-state index is 11.3. The van der Waals surface area contributed by atoms with E-state index in [1.165, 1.54) is 24.0 Å². The van der Waals surface area contributed by atoms with E-state index in [0.29, 0.717) is 5.13 Å². The van der Waals surface area contributed by atoms with Crippen LogP contribution in [0, 0.1) is 0 Å². The number of thioether (sulfide) groups is 1. The smallest absolute Gasteiger partial charge is 0.252 e. The molecule has 2 aromatic rings. The van der Waals surface area contributed by atoms with Crippen LogP contribution in [-0.4, -0.2) is 29.8 Å². The number of carbonyl (C=O) groups excluding carboxylic acids is 1. The summed E-state index contributed by atoms with van der Waals surface area (Å²) in [6.07, 6.45) is 0. The average Bonchev–Trinajstić information content (AvgIpc) is 2.88. The molecule has 106 valence electrons. The Bertz CT molecular complexity index is 546. The molecule has 2 rings (SSSR count). The highest BCUT2D eigenvalue weighted by Crippen LogP contribution is 2.22. The second-order valence-electron chi connectivity index (χ2n) is 3.96. The van der Waals surface area contributed by atoms with Gasteiger partial charge in [0.25, 0.3) is 5.91 Å². The van der Waals surface area contributed by atoms with Crippen molar-refractivity contribution in [3.05, 3.63) is 40.9 Å². The van der Waals surface area contributed by atoms with Gasteiger partial charge in [0.1, 0.15) is 11.6 Å². The predicted molar refractivity (Wildman–Crippen MR) is 81.9 cm³/mol. The van der Waals surface area contributed by atoms with E-state index >= 15 is 0 Å². The van der Waals surface area contributed by atoms with Crippen molar-refractivity contribution >= 4 is 34.1 Å². The molecule has 0 radical (unpaired) electrons. The van der Waals surface area contributed by atoms with Gasteiger partial charge in [-0.15, -0.1) is 22.0 Å². The number of amides is 1. The molecule has 1 aromatic carbocycles. The average molecular weight is 309 g/mol. The van der Waals surface area contributed by atoms with Crippen LogP contribution in [0.2, 0.25) is 0 Å². The Balaban J connectivity index is 1.77. The van der Waals surface area contributed by atoms with Crippen molar-refractivity contribution in [2.45, 2.75) is 11.5 Å². The number of anilines is 1. The molecular formula is C13H15N3O2S2. The number of nitrogens with zero attached hydrogens (tertiary/aromatic N) is 2. The summed E-state index contributed by atoms with van der Waals surface area (Å²) in [5, 5.41) is 12.0. The molecule has 0 saturated carbocycles. The van der Waals surface area contributed by atoms with Crippen molar-refractivity contribution in [3.63, 3.8) is 0 Å². The van der Waals surface area contributed by atoms with Gasteiger partial charge in [0.05, 0.1) is 0 Å². The third-order valence-electron chi connectivity index (χ3n) is 2.33. The largest absolute Gasteiger partial charge is 0.375 e. The second-order valence-corrected chi connectivity index (χ2v) is 6.01. The van der Waals surface area contributed by atoms with Crippen LogP contribution in [0.3, 0.4) is 0 Å². The Kier molecular flexibility index (Phi) is 5.97. The van der Waals surface area contributed by atoms with E-state index in [0.717, 1.165) is 16.5 Å². The lowest BCUT2D eigenvalue weighted by atomic mass is 10.2. The minimum atomic E-state index is -0.216. The van der Waals surface area contributed by atoms with Gasteiger partial charge in [-0.2, -0.15) is 0 Å². The summed E-state index contributed by atoms with van der Waals surface area (Å²) in [7, 11) is 1.48. The first-order valence-electron chi connectivity index (χ1n) is 6.01. The zero-order valence-electron chi connectivity index (χ0n) is 11.0. The number of hydrogen-bond donors (Lipinski definition) is 1. The van der Waals surface area contributed by atoms with Crippen molar-refractivity contribution < 1.29 is 9.53 Å². The van der Waals surface area contributed by atoms with Gasteiger partial charge in [-0.05, 0) is 5.56 Å². The van der Waals surface area contributed by atoms with E-state index in [9.17, 15) is 4.79 Å². The van der Waals surface area contributed by atoms with Crippen LogP contribution < -0.4 is 5.32 Å². The molecule has 20 heavy (non-hydrogen) atoms. The van der Waals surface area contributed by atoms with Crippen LogP contribution in [0.1, 0.15) is 10.6 Å². The summed E-state index contributed by atoms with van der Waals surface area (Å²) in [4.78, 5) is 11.3. The van der Waals surface area contributed by atoms with Gasteiger partial charge in [0.2, 0.25) is 5.13 Å². The lowest BCUT2D eigenvalue weighted by Crippen LogP contribution is -2.16. The van der Waals surface area contributed by atoms with Gasteiger partial charge in [-0.3, -0.25) is 10.1 Å². The lowest BCUT2D eigenvalue weighted by molar-refractivity contribution is -0.119. The molecule has 0 atom stereocenters. The fourth-order valence-electron chi connectivity index (χ4n) is 1.48. The van der Waals surface area contributed by atoms with Crippen LogP contribution in [0.4, 0.5) is 5.13 Å². The quantitative estimate of drug-likeness (QED) is 0.851. The van der Waals surface area contributed by atoms with Crippen molar-refractivity contribution in [2.24, 2.45) is 0 Å². The highest BCUT2D eigenvalue weighted by molar-refractivity contribution is 7.97. The van der Waals surface area contributed by atoms with Gasteiger partial charge >= 0.3 is 0 Å². The Hall–Kier alpha value is -1.44. The second kappa shape index (κ2) is 7.98. The number of rotatable bonds is 7. The van der Waals surface area contributed by atoms with Crippen LogP contribution in [0.5, 0.6) is 0 Å². The number of ether oxygens (including phenoxy) is 1.